The van der Waals surface area contributed by atoms with Gasteiger partial charge in [0.05, 0.1) is 27.0 Å². The minimum absolute atomic E-state index is 0.0438. The van der Waals surface area contributed by atoms with Gasteiger partial charge in [-0.25, -0.2) is 0 Å². The Balaban J connectivity index is 1.93. The number of rotatable bonds is 11. The average Bonchev–Trinajstić information content (AvgIpc) is 3.40. The van der Waals surface area contributed by atoms with Crippen LogP contribution in [0.1, 0.15) is 42.9 Å². The van der Waals surface area contributed by atoms with Gasteiger partial charge in [0, 0.05) is 12.2 Å². The van der Waals surface area contributed by atoms with Gasteiger partial charge in [-0.1, -0.05) is 48.0 Å². The van der Waals surface area contributed by atoms with Crippen LogP contribution < -0.4 is 35.9 Å². The molecule has 4 rings (SSSR count). The lowest BCUT2D eigenvalue weighted by molar-refractivity contribution is -0.122. The number of methoxy groups -OCH3 is 3. The van der Waals surface area contributed by atoms with E-state index < -0.39 is 23.8 Å². The number of nitrogen functional groups attached to an aromatic ring is 1. The van der Waals surface area contributed by atoms with Crippen molar-refractivity contribution in [3.63, 3.8) is 0 Å². The molecule has 5 N–H and O–H groups in total. The topological polar surface area (TPSA) is 159 Å². The summed E-state index contributed by atoms with van der Waals surface area (Å²) < 4.78 is 20.6. The number of nitrogens with two attached hydrogens (primary N) is 2. The van der Waals surface area contributed by atoms with E-state index >= 15 is 0 Å². The zero-order chi connectivity index (χ0) is 30.4. The number of carbonyl (C=O) groups is 3. The highest BCUT2D eigenvalue weighted by Crippen LogP contribution is 2.42. The molecule has 1 aromatic heterocycles. The first-order valence-corrected chi connectivity index (χ1v) is 13.5. The molecule has 218 valence electrons. The van der Waals surface area contributed by atoms with Crippen molar-refractivity contribution in [1.82, 2.24) is 9.69 Å². The number of carbonyl (C=O) groups excluding carboxylic acids is 3. The number of nitrogens with one attached hydrogen (secondary N) is 1. The van der Waals surface area contributed by atoms with Gasteiger partial charge in [-0.2, -0.15) is 4.37 Å². The first-order valence-electron chi connectivity index (χ1n) is 12.8. The molecule has 1 atom stereocenters. The van der Waals surface area contributed by atoms with Crippen LogP contribution in [0.5, 0.6) is 17.2 Å². The first kappa shape index (κ1) is 29.9. The third-order valence-corrected chi connectivity index (χ3v) is 7.36. The maximum absolute atomic E-state index is 14.3. The molecule has 4 aromatic rings. The number of aromatic nitrogens is 1. The fourth-order valence-electron chi connectivity index (χ4n) is 4.39. The maximum atomic E-state index is 14.3. The third kappa shape index (κ3) is 6.13. The molecule has 0 fully saturated rings. The fourth-order valence-corrected chi connectivity index (χ4v) is 5.13. The van der Waals surface area contributed by atoms with Crippen molar-refractivity contribution in [1.29, 1.82) is 0 Å². The second-order valence-corrected chi connectivity index (χ2v) is 9.99. The molecule has 0 radical (unpaired) electrons. The van der Waals surface area contributed by atoms with E-state index in [-0.39, 0.29) is 34.3 Å². The normalized spacial score (nSPS) is 11.3. The fraction of sp³-hybridized carbons (Fsp3) is 0.200. The van der Waals surface area contributed by atoms with E-state index in [1.165, 1.54) is 26.2 Å². The summed E-state index contributed by atoms with van der Waals surface area (Å²) >= 11 is 0.727. The van der Waals surface area contributed by atoms with Crippen molar-refractivity contribution in [2.45, 2.75) is 19.5 Å². The summed E-state index contributed by atoms with van der Waals surface area (Å²) in [6, 6.07) is 18.4. The Kier molecular flexibility index (Phi) is 9.28. The molecule has 0 spiro atoms. The average molecular weight is 590 g/mol. The van der Waals surface area contributed by atoms with E-state index in [1.54, 1.807) is 24.3 Å². The van der Waals surface area contributed by atoms with Gasteiger partial charge in [-0.15, -0.1) is 0 Å². The van der Waals surface area contributed by atoms with Crippen molar-refractivity contribution in [2.75, 3.05) is 32.0 Å². The number of aryl methyl sites for hydroxylation is 1. The summed E-state index contributed by atoms with van der Waals surface area (Å²) in [5.74, 6) is -1.13. The number of nitrogens with zero attached hydrogens (tertiary/aromatic N) is 2. The van der Waals surface area contributed by atoms with Crippen LogP contribution in [0.4, 0.5) is 11.4 Å². The summed E-state index contributed by atoms with van der Waals surface area (Å²) in [6.07, 6.45) is 0. The molecule has 3 amide bonds. The predicted molar refractivity (Wildman–Crippen MR) is 160 cm³/mol. The van der Waals surface area contributed by atoms with Gasteiger partial charge in [-0.3, -0.25) is 19.3 Å². The van der Waals surface area contributed by atoms with Gasteiger partial charge in [-0.05, 0) is 53.8 Å². The van der Waals surface area contributed by atoms with Crippen LogP contribution in [0.25, 0.3) is 0 Å². The Hall–Kier alpha value is -5.10. The summed E-state index contributed by atoms with van der Waals surface area (Å²) in [6.45, 7) is 2.10. The number of benzene rings is 3. The van der Waals surface area contributed by atoms with Crippen molar-refractivity contribution in [3.05, 3.63) is 94.0 Å². The quantitative estimate of drug-likeness (QED) is 0.238. The molecular formula is C30H31N5O6S. The second-order valence-electron chi connectivity index (χ2n) is 9.21. The first-order chi connectivity index (χ1) is 20.2. The highest BCUT2D eigenvalue weighted by Gasteiger charge is 2.37. The van der Waals surface area contributed by atoms with E-state index in [2.05, 4.69) is 9.69 Å². The van der Waals surface area contributed by atoms with E-state index in [9.17, 15) is 14.4 Å². The molecule has 0 bridgehead atoms. The zero-order valence-electron chi connectivity index (χ0n) is 23.5. The largest absolute Gasteiger partial charge is 0.493 e. The molecule has 0 aliphatic rings. The van der Waals surface area contributed by atoms with E-state index in [0.717, 1.165) is 22.7 Å². The van der Waals surface area contributed by atoms with Crippen LogP contribution in [0, 0.1) is 6.92 Å². The van der Waals surface area contributed by atoms with Crippen LogP contribution in [0.2, 0.25) is 0 Å². The standard InChI is InChI=1S/C30H31N5O6S/c1-17-10-12-20(13-11-17)35(30(38)27-23(31)24(28(32)36)34-42-27)25(29(37)33-16-18-8-6-5-7-9-18)19-14-21(39-2)26(41-4)22(15-19)40-3/h5-15,25H,16,31H2,1-4H3,(H2,32,36)(H,33,37)/t25-/m0/s1. The molecule has 0 saturated heterocycles. The number of hydrogen-bond acceptors (Lipinski definition) is 9. The Labute approximate surface area is 247 Å². The zero-order valence-corrected chi connectivity index (χ0v) is 24.4. The monoisotopic (exact) mass is 589 g/mol. The van der Waals surface area contributed by atoms with Crippen molar-refractivity contribution in [2.24, 2.45) is 5.73 Å². The van der Waals surface area contributed by atoms with Gasteiger partial charge in [0.25, 0.3) is 11.8 Å². The molecule has 42 heavy (non-hydrogen) atoms. The Bertz CT molecular complexity index is 1560. The summed E-state index contributed by atoms with van der Waals surface area (Å²) in [7, 11) is 4.38. The maximum Gasteiger partial charge on any atom is 0.273 e. The molecule has 0 saturated carbocycles. The minimum atomic E-state index is -1.25. The molecule has 11 nitrogen and oxygen atoms in total. The van der Waals surface area contributed by atoms with Gasteiger partial charge in [0.2, 0.25) is 11.7 Å². The van der Waals surface area contributed by atoms with Gasteiger partial charge < -0.3 is 31.0 Å². The SMILES string of the molecule is COc1cc([C@@H](C(=O)NCc2ccccc2)N(C(=O)c2snc(C(N)=O)c2N)c2ccc(C)cc2)cc(OC)c1OC. The summed E-state index contributed by atoms with van der Waals surface area (Å²) in [4.78, 5) is 41.6. The van der Waals surface area contributed by atoms with Crippen LogP contribution in [0.3, 0.4) is 0 Å². The van der Waals surface area contributed by atoms with Crippen LogP contribution in [-0.2, 0) is 11.3 Å². The summed E-state index contributed by atoms with van der Waals surface area (Å²) in [5, 5.41) is 2.94. The van der Waals surface area contributed by atoms with Gasteiger partial charge >= 0.3 is 0 Å². The van der Waals surface area contributed by atoms with Crippen molar-refractivity contribution < 1.29 is 28.6 Å². The molecule has 3 aromatic carbocycles. The summed E-state index contributed by atoms with van der Waals surface area (Å²) in [5.41, 5.74) is 13.8. The number of hydrogen-bond donors (Lipinski definition) is 3. The lowest BCUT2D eigenvalue weighted by Crippen LogP contribution is -2.44. The van der Waals surface area contributed by atoms with E-state index in [0.29, 0.717) is 17.0 Å². The highest BCUT2D eigenvalue weighted by atomic mass is 32.1. The number of primary amides is 1. The predicted octanol–water partition coefficient (Wildman–Crippen LogP) is 3.86. The Morgan fingerprint density at radius 2 is 1.57 bits per heavy atom. The van der Waals surface area contributed by atoms with Gasteiger partial charge in [0.15, 0.2) is 17.2 Å². The second kappa shape index (κ2) is 13.0. The van der Waals surface area contributed by atoms with E-state index in [1.807, 2.05) is 49.4 Å². The highest BCUT2D eigenvalue weighted by molar-refractivity contribution is 7.09. The van der Waals surface area contributed by atoms with Crippen LogP contribution >= 0.6 is 11.5 Å². The molecule has 0 aliphatic carbocycles. The molecule has 0 unspecified atom stereocenters. The Morgan fingerprint density at radius 1 is 0.952 bits per heavy atom. The Morgan fingerprint density at radius 3 is 2.10 bits per heavy atom. The molecular weight excluding hydrogens is 558 g/mol. The lowest BCUT2D eigenvalue weighted by Gasteiger charge is -2.32. The minimum Gasteiger partial charge on any atom is -0.493 e. The number of ether oxygens (including phenoxy) is 3. The van der Waals surface area contributed by atoms with Gasteiger partial charge in [0.1, 0.15) is 10.9 Å². The number of amides is 3. The number of anilines is 2. The van der Waals surface area contributed by atoms with Crippen LogP contribution in [0.15, 0.2) is 66.7 Å². The molecule has 0 aliphatic heterocycles. The van der Waals surface area contributed by atoms with E-state index in [4.69, 9.17) is 25.7 Å². The van der Waals surface area contributed by atoms with Crippen LogP contribution in [-0.4, -0.2) is 43.4 Å². The smallest absolute Gasteiger partial charge is 0.273 e. The van der Waals surface area contributed by atoms with Crippen molar-refractivity contribution in [3.8, 4) is 17.2 Å². The molecule has 1 heterocycles. The lowest BCUT2D eigenvalue weighted by atomic mass is 10.0. The van der Waals surface area contributed by atoms with Crippen molar-refractivity contribution >= 4 is 40.6 Å². The third-order valence-electron chi connectivity index (χ3n) is 6.51. The molecule has 12 heteroatoms.